The van der Waals surface area contributed by atoms with Crippen molar-refractivity contribution >= 4 is 11.8 Å². The van der Waals surface area contributed by atoms with Gasteiger partial charge in [0.05, 0.1) is 0 Å². The molecule has 0 saturated heterocycles. The summed E-state index contributed by atoms with van der Waals surface area (Å²) in [6.07, 6.45) is 2.93. The molecule has 5 N–H and O–H groups in total. The number of allylic oxidation sites excluding steroid dienone is 1. The van der Waals surface area contributed by atoms with Crippen molar-refractivity contribution in [2.24, 2.45) is 23.3 Å². The summed E-state index contributed by atoms with van der Waals surface area (Å²) in [6.45, 7) is 11.5. The lowest BCUT2D eigenvalue weighted by Crippen LogP contribution is -2.47. The van der Waals surface area contributed by atoms with Gasteiger partial charge in [-0.05, 0) is 32.2 Å². The number of hydrogen-bond acceptors (Lipinski definition) is 3. The minimum atomic E-state index is -0.646. The molecule has 2 atom stereocenters. The Morgan fingerprint density at radius 1 is 1.32 bits per heavy atom. The van der Waals surface area contributed by atoms with Gasteiger partial charge >= 0.3 is 0 Å². The monoisotopic (exact) mass is 271 g/mol. The summed E-state index contributed by atoms with van der Waals surface area (Å²) in [5.41, 5.74) is 10.5. The molecule has 0 aliphatic rings. The fraction of sp³-hybridized carbons (Fsp3) is 0.714. The van der Waals surface area contributed by atoms with Gasteiger partial charge in [-0.25, -0.2) is 0 Å². The first-order chi connectivity index (χ1) is 8.79. The van der Waals surface area contributed by atoms with E-state index in [1.807, 2.05) is 13.8 Å². The van der Waals surface area contributed by atoms with Crippen molar-refractivity contribution in [2.75, 3.05) is 6.54 Å². The van der Waals surface area contributed by atoms with Crippen molar-refractivity contribution in [3.05, 3.63) is 12.7 Å². The first-order valence-corrected chi connectivity index (χ1v) is 6.66. The van der Waals surface area contributed by atoms with Crippen LogP contribution in [0.2, 0.25) is 0 Å². The molecule has 0 fully saturated rings. The fourth-order valence-corrected chi connectivity index (χ4v) is 1.58. The molecule has 0 heterocycles. The SMILES string of the molecule is C=CC.CC(C)CC(C)C(=O)NC(CCN)C(N)=O. The van der Waals surface area contributed by atoms with E-state index < -0.39 is 11.9 Å². The second-order valence-corrected chi connectivity index (χ2v) is 4.98. The third-order valence-electron chi connectivity index (χ3n) is 2.39. The van der Waals surface area contributed by atoms with E-state index in [2.05, 4.69) is 25.7 Å². The zero-order chi connectivity index (χ0) is 15.4. The molecule has 5 nitrogen and oxygen atoms in total. The van der Waals surface area contributed by atoms with Gasteiger partial charge in [-0.2, -0.15) is 0 Å². The first-order valence-electron chi connectivity index (χ1n) is 6.66. The smallest absolute Gasteiger partial charge is 0.240 e. The van der Waals surface area contributed by atoms with Crippen molar-refractivity contribution in [3.8, 4) is 0 Å². The van der Waals surface area contributed by atoms with E-state index in [0.29, 0.717) is 18.9 Å². The molecular weight excluding hydrogens is 242 g/mol. The van der Waals surface area contributed by atoms with Gasteiger partial charge in [-0.15, -0.1) is 6.58 Å². The summed E-state index contributed by atoms with van der Waals surface area (Å²) in [4.78, 5) is 22.7. The van der Waals surface area contributed by atoms with Gasteiger partial charge in [-0.3, -0.25) is 9.59 Å². The van der Waals surface area contributed by atoms with Gasteiger partial charge in [0.1, 0.15) is 6.04 Å². The van der Waals surface area contributed by atoms with E-state index in [4.69, 9.17) is 11.5 Å². The molecule has 0 rings (SSSR count). The fourth-order valence-electron chi connectivity index (χ4n) is 1.58. The van der Waals surface area contributed by atoms with Crippen LogP contribution in [0.4, 0.5) is 0 Å². The number of hydrogen-bond donors (Lipinski definition) is 3. The van der Waals surface area contributed by atoms with Crippen LogP contribution in [0.1, 0.15) is 40.5 Å². The molecule has 112 valence electrons. The molecule has 5 heteroatoms. The zero-order valence-corrected chi connectivity index (χ0v) is 12.6. The van der Waals surface area contributed by atoms with E-state index >= 15 is 0 Å². The molecule has 2 amide bonds. The molecule has 0 saturated carbocycles. The van der Waals surface area contributed by atoms with Crippen LogP contribution in [0, 0.1) is 11.8 Å². The Hall–Kier alpha value is -1.36. The van der Waals surface area contributed by atoms with Gasteiger partial charge in [0.25, 0.3) is 0 Å². The van der Waals surface area contributed by atoms with Gasteiger partial charge < -0.3 is 16.8 Å². The number of rotatable bonds is 7. The van der Waals surface area contributed by atoms with E-state index in [-0.39, 0.29) is 11.8 Å². The van der Waals surface area contributed by atoms with Crippen LogP contribution in [0.3, 0.4) is 0 Å². The third kappa shape index (κ3) is 11.5. The minimum Gasteiger partial charge on any atom is -0.368 e. The largest absolute Gasteiger partial charge is 0.368 e. The molecule has 0 aromatic heterocycles. The molecule has 0 aromatic rings. The number of nitrogens with one attached hydrogen (secondary N) is 1. The van der Waals surface area contributed by atoms with Gasteiger partial charge in [0, 0.05) is 5.92 Å². The number of carbonyl (C=O) groups excluding carboxylic acids is 2. The van der Waals surface area contributed by atoms with Gasteiger partial charge in [-0.1, -0.05) is 26.8 Å². The summed E-state index contributed by atoms with van der Waals surface area (Å²) >= 11 is 0. The Labute approximate surface area is 116 Å². The maximum Gasteiger partial charge on any atom is 0.240 e. The molecule has 0 bridgehead atoms. The minimum absolute atomic E-state index is 0.111. The highest BCUT2D eigenvalue weighted by atomic mass is 16.2. The quantitative estimate of drug-likeness (QED) is 0.606. The van der Waals surface area contributed by atoms with Gasteiger partial charge in [0.15, 0.2) is 0 Å². The van der Waals surface area contributed by atoms with Crippen LogP contribution < -0.4 is 16.8 Å². The highest BCUT2D eigenvalue weighted by Crippen LogP contribution is 2.11. The van der Waals surface area contributed by atoms with Crippen molar-refractivity contribution in [3.63, 3.8) is 0 Å². The average molecular weight is 271 g/mol. The van der Waals surface area contributed by atoms with Crippen LogP contribution in [0.15, 0.2) is 12.7 Å². The second kappa shape index (κ2) is 11.7. The highest BCUT2D eigenvalue weighted by Gasteiger charge is 2.21. The second-order valence-electron chi connectivity index (χ2n) is 4.98. The summed E-state index contributed by atoms with van der Waals surface area (Å²) < 4.78 is 0. The summed E-state index contributed by atoms with van der Waals surface area (Å²) in [7, 11) is 0. The molecule has 19 heavy (non-hydrogen) atoms. The lowest BCUT2D eigenvalue weighted by atomic mass is 9.97. The summed E-state index contributed by atoms with van der Waals surface area (Å²) in [5.74, 6) is -0.330. The van der Waals surface area contributed by atoms with E-state index in [1.54, 1.807) is 6.08 Å². The maximum atomic E-state index is 11.7. The third-order valence-corrected chi connectivity index (χ3v) is 2.39. The Morgan fingerprint density at radius 3 is 2.11 bits per heavy atom. The lowest BCUT2D eigenvalue weighted by molar-refractivity contribution is -0.130. The molecule has 0 aliphatic carbocycles. The van der Waals surface area contributed by atoms with Crippen LogP contribution in [-0.2, 0) is 9.59 Å². The number of primary amides is 1. The predicted octanol–water partition coefficient (Wildman–Crippen LogP) is 1.18. The first kappa shape index (κ1) is 20.0. The van der Waals surface area contributed by atoms with Crippen molar-refractivity contribution in [2.45, 2.75) is 46.6 Å². The van der Waals surface area contributed by atoms with E-state index in [1.165, 1.54) is 0 Å². The molecule has 0 aliphatic heterocycles. The number of nitrogens with two attached hydrogens (primary N) is 2. The molecule has 0 radical (unpaired) electrons. The summed E-state index contributed by atoms with van der Waals surface area (Å²) in [6, 6.07) is -0.646. The number of amides is 2. The maximum absolute atomic E-state index is 11.7. The average Bonchev–Trinajstić information content (AvgIpc) is 2.28. The Kier molecular flexibility index (Phi) is 12.3. The Balaban J connectivity index is 0. The molecule has 2 unspecified atom stereocenters. The normalized spacial score (nSPS) is 12.9. The summed E-state index contributed by atoms with van der Waals surface area (Å²) in [5, 5.41) is 2.63. The molecule has 0 aromatic carbocycles. The van der Waals surface area contributed by atoms with Crippen molar-refractivity contribution < 1.29 is 9.59 Å². The van der Waals surface area contributed by atoms with Crippen LogP contribution in [0.25, 0.3) is 0 Å². The van der Waals surface area contributed by atoms with E-state index in [9.17, 15) is 9.59 Å². The van der Waals surface area contributed by atoms with Gasteiger partial charge in [0.2, 0.25) is 11.8 Å². The van der Waals surface area contributed by atoms with Crippen LogP contribution >= 0.6 is 0 Å². The molecule has 0 spiro atoms. The predicted molar refractivity (Wildman–Crippen MR) is 79.3 cm³/mol. The zero-order valence-electron chi connectivity index (χ0n) is 12.6. The topological polar surface area (TPSA) is 98.2 Å². The Morgan fingerprint density at radius 2 is 1.79 bits per heavy atom. The number of carbonyl (C=O) groups is 2. The standard InChI is InChI=1S/C11H23N3O2.C3H6/c1-7(2)6-8(3)11(16)14-9(4-5-12)10(13)15;1-3-2/h7-9H,4-6,12H2,1-3H3,(H2,13,15)(H,14,16);3H,1H2,2H3. The highest BCUT2D eigenvalue weighted by molar-refractivity contribution is 5.87. The molecular formula is C14H29N3O2. The van der Waals surface area contributed by atoms with Crippen LogP contribution in [0.5, 0.6) is 0 Å². The van der Waals surface area contributed by atoms with Crippen molar-refractivity contribution in [1.82, 2.24) is 5.32 Å². The lowest BCUT2D eigenvalue weighted by Gasteiger charge is -2.19. The van der Waals surface area contributed by atoms with E-state index in [0.717, 1.165) is 6.42 Å². The van der Waals surface area contributed by atoms with Crippen molar-refractivity contribution in [1.29, 1.82) is 0 Å². The Bertz CT molecular complexity index is 278. The van der Waals surface area contributed by atoms with Crippen LogP contribution in [-0.4, -0.2) is 24.4 Å².